The Bertz CT molecular complexity index is 616. The molecule has 0 unspecified atom stereocenters. The van der Waals surface area contributed by atoms with Crippen molar-refractivity contribution in [2.75, 3.05) is 6.61 Å². The molecule has 0 fully saturated rings. The molecule has 5 heteroatoms. The number of hydrogen-bond acceptors (Lipinski definition) is 4. The van der Waals surface area contributed by atoms with E-state index in [2.05, 4.69) is 0 Å². The second-order valence-electron chi connectivity index (χ2n) is 5.09. The van der Waals surface area contributed by atoms with Gasteiger partial charge in [-0.25, -0.2) is 4.79 Å². The van der Waals surface area contributed by atoms with Gasteiger partial charge in [-0.2, -0.15) is 0 Å². The van der Waals surface area contributed by atoms with Crippen LogP contribution in [-0.2, 0) is 15.1 Å². The lowest BCUT2D eigenvalue weighted by Crippen LogP contribution is -2.27. The Morgan fingerprint density at radius 3 is 2.45 bits per heavy atom. The molecule has 0 heterocycles. The van der Waals surface area contributed by atoms with E-state index in [1.165, 1.54) is 24.3 Å². The number of benzene rings is 1. The lowest BCUT2D eigenvalue weighted by molar-refractivity contribution is -0.138. The Labute approximate surface area is 128 Å². The van der Waals surface area contributed by atoms with Crippen molar-refractivity contribution in [2.45, 2.75) is 18.9 Å². The van der Waals surface area contributed by atoms with Crippen molar-refractivity contribution in [1.29, 1.82) is 0 Å². The van der Waals surface area contributed by atoms with Gasteiger partial charge in [0.05, 0.1) is 18.1 Å². The SMILES string of the molecule is CCCOC(=O)c1ccccc1C1(O)C=CC(C(=O)O)C=C1. The molecule has 0 saturated heterocycles. The molecule has 0 radical (unpaired) electrons. The minimum absolute atomic E-state index is 0.265. The van der Waals surface area contributed by atoms with Crippen LogP contribution in [0.1, 0.15) is 29.3 Å². The highest BCUT2D eigenvalue weighted by Gasteiger charge is 2.31. The average molecular weight is 302 g/mol. The molecule has 0 aliphatic heterocycles. The third-order valence-electron chi connectivity index (χ3n) is 3.42. The van der Waals surface area contributed by atoms with E-state index in [0.29, 0.717) is 18.6 Å². The number of ether oxygens (including phenoxy) is 1. The molecular weight excluding hydrogens is 284 g/mol. The van der Waals surface area contributed by atoms with Crippen molar-refractivity contribution >= 4 is 11.9 Å². The van der Waals surface area contributed by atoms with E-state index >= 15 is 0 Å². The molecule has 116 valence electrons. The van der Waals surface area contributed by atoms with E-state index < -0.39 is 23.5 Å². The number of carboxylic acid groups (broad SMARTS) is 1. The van der Waals surface area contributed by atoms with Crippen molar-refractivity contribution in [3.05, 3.63) is 59.7 Å². The van der Waals surface area contributed by atoms with Crippen LogP contribution in [0.3, 0.4) is 0 Å². The van der Waals surface area contributed by atoms with E-state index in [4.69, 9.17) is 9.84 Å². The molecule has 1 aromatic rings. The lowest BCUT2D eigenvalue weighted by atomic mass is 9.84. The first-order valence-corrected chi connectivity index (χ1v) is 7.08. The molecular formula is C17H18O5. The van der Waals surface area contributed by atoms with Crippen LogP contribution in [0.4, 0.5) is 0 Å². The summed E-state index contributed by atoms with van der Waals surface area (Å²) < 4.78 is 5.12. The third-order valence-corrected chi connectivity index (χ3v) is 3.42. The Morgan fingerprint density at radius 2 is 1.86 bits per heavy atom. The summed E-state index contributed by atoms with van der Waals surface area (Å²) in [7, 11) is 0. The van der Waals surface area contributed by atoms with E-state index in [-0.39, 0.29) is 5.56 Å². The Balaban J connectivity index is 2.33. The molecule has 2 rings (SSSR count). The minimum atomic E-state index is -1.52. The van der Waals surface area contributed by atoms with Gasteiger partial charge >= 0.3 is 11.9 Å². The quantitative estimate of drug-likeness (QED) is 0.644. The zero-order valence-corrected chi connectivity index (χ0v) is 12.2. The van der Waals surface area contributed by atoms with Crippen molar-refractivity contribution in [1.82, 2.24) is 0 Å². The van der Waals surface area contributed by atoms with Crippen LogP contribution >= 0.6 is 0 Å². The summed E-state index contributed by atoms with van der Waals surface area (Å²) in [5.74, 6) is -2.28. The number of rotatable bonds is 5. The number of carbonyl (C=O) groups is 2. The minimum Gasteiger partial charge on any atom is -0.481 e. The number of aliphatic carboxylic acids is 1. The van der Waals surface area contributed by atoms with Gasteiger partial charge in [0.2, 0.25) is 0 Å². The summed E-state index contributed by atoms with van der Waals surface area (Å²) in [6, 6.07) is 6.59. The van der Waals surface area contributed by atoms with E-state index in [9.17, 15) is 14.7 Å². The van der Waals surface area contributed by atoms with Gasteiger partial charge in [0.1, 0.15) is 5.60 Å². The number of aliphatic hydroxyl groups is 1. The van der Waals surface area contributed by atoms with Gasteiger partial charge in [-0.15, -0.1) is 0 Å². The Hall–Kier alpha value is -2.40. The van der Waals surface area contributed by atoms with Gasteiger partial charge in [0, 0.05) is 5.56 Å². The fourth-order valence-electron chi connectivity index (χ4n) is 2.25. The van der Waals surface area contributed by atoms with Crippen LogP contribution in [0.5, 0.6) is 0 Å². The monoisotopic (exact) mass is 302 g/mol. The second kappa shape index (κ2) is 6.58. The molecule has 1 aromatic carbocycles. The van der Waals surface area contributed by atoms with Crippen LogP contribution in [0, 0.1) is 5.92 Å². The molecule has 0 aromatic heterocycles. The number of hydrogen-bond donors (Lipinski definition) is 2. The first-order chi connectivity index (χ1) is 10.5. The maximum Gasteiger partial charge on any atom is 0.338 e. The molecule has 0 amide bonds. The largest absolute Gasteiger partial charge is 0.481 e. The number of carboxylic acids is 1. The van der Waals surface area contributed by atoms with Crippen LogP contribution in [-0.4, -0.2) is 28.8 Å². The summed E-state index contributed by atoms with van der Waals surface area (Å²) >= 11 is 0. The lowest BCUT2D eigenvalue weighted by Gasteiger charge is -2.26. The topological polar surface area (TPSA) is 83.8 Å². The molecule has 5 nitrogen and oxygen atoms in total. The zero-order valence-electron chi connectivity index (χ0n) is 12.2. The summed E-state index contributed by atoms with van der Waals surface area (Å²) in [6.07, 6.45) is 6.28. The molecule has 2 N–H and O–H groups in total. The molecule has 0 atom stereocenters. The van der Waals surface area contributed by atoms with E-state index in [1.807, 2.05) is 6.92 Å². The third kappa shape index (κ3) is 3.26. The van der Waals surface area contributed by atoms with Gasteiger partial charge in [-0.05, 0) is 24.6 Å². The molecule has 0 saturated carbocycles. The maximum atomic E-state index is 12.1. The smallest absolute Gasteiger partial charge is 0.338 e. The highest BCUT2D eigenvalue weighted by Crippen LogP contribution is 2.32. The Kier molecular flexibility index (Phi) is 4.78. The standard InChI is InChI=1S/C17H18O5/c1-2-11-22-16(20)13-5-3-4-6-14(13)17(21)9-7-12(8-10-17)15(18)19/h3-10,12,21H,2,11H2,1H3,(H,18,19). The highest BCUT2D eigenvalue weighted by molar-refractivity contribution is 5.91. The average Bonchev–Trinajstić information content (AvgIpc) is 2.53. The van der Waals surface area contributed by atoms with Gasteiger partial charge in [0.25, 0.3) is 0 Å². The van der Waals surface area contributed by atoms with E-state index in [1.54, 1.807) is 24.3 Å². The molecule has 0 bridgehead atoms. The fraction of sp³-hybridized carbons (Fsp3) is 0.294. The van der Waals surface area contributed by atoms with E-state index in [0.717, 1.165) is 0 Å². The maximum absolute atomic E-state index is 12.1. The molecule has 1 aliphatic rings. The summed E-state index contributed by atoms with van der Waals surface area (Å²) in [5.41, 5.74) is -0.887. The van der Waals surface area contributed by atoms with Gasteiger partial charge in [-0.3, -0.25) is 4.79 Å². The van der Waals surface area contributed by atoms with Gasteiger partial charge in [0.15, 0.2) is 0 Å². The highest BCUT2D eigenvalue weighted by atomic mass is 16.5. The summed E-state index contributed by atoms with van der Waals surface area (Å²) in [6.45, 7) is 2.20. The van der Waals surface area contributed by atoms with Crippen LogP contribution < -0.4 is 0 Å². The second-order valence-corrected chi connectivity index (χ2v) is 5.09. The fourth-order valence-corrected chi connectivity index (χ4v) is 2.25. The summed E-state index contributed by atoms with van der Waals surface area (Å²) in [4.78, 5) is 23.0. The van der Waals surface area contributed by atoms with Gasteiger partial charge < -0.3 is 14.9 Å². The van der Waals surface area contributed by atoms with Crippen molar-refractivity contribution in [3.63, 3.8) is 0 Å². The zero-order chi connectivity index (χ0) is 16.2. The van der Waals surface area contributed by atoms with Crippen LogP contribution in [0.15, 0.2) is 48.6 Å². The Morgan fingerprint density at radius 1 is 1.23 bits per heavy atom. The number of carbonyl (C=O) groups excluding carboxylic acids is 1. The first-order valence-electron chi connectivity index (χ1n) is 7.08. The van der Waals surface area contributed by atoms with Gasteiger partial charge in [-0.1, -0.05) is 37.3 Å². The first kappa shape index (κ1) is 16.0. The molecule has 22 heavy (non-hydrogen) atoms. The predicted molar refractivity (Wildman–Crippen MR) is 80.3 cm³/mol. The van der Waals surface area contributed by atoms with Crippen LogP contribution in [0.25, 0.3) is 0 Å². The molecule has 0 spiro atoms. The predicted octanol–water partition coefficient (Wildman–Crippen LogP) is 2.27. The van der Waals surface area contributed by atoms with Crippen molar-refractivity contribution in [3.8, 4) is 0 Å². The van der Waals surface area contributed by atoms with Crippen molar-refractivity contribution in [2.24, 2.45) is 5.92 Å². The van der Waals surface area contributed by atoms with Crippen molar-refractivity contribution < 1.29 is 24.5 Å². The van der Waals surface area contributed by atoms with Crippen LogP contribution in [0.2, 0.25) is 0 Å². The normalized spacial score (nSPS) is 23.3. The number of esters is 1. The molecule has 1 aliphatic carbocycles. The summed E-state index contributed by atoms with van der Waals surface area (Å²) in [5, 5.41) is 19.7.